The van der Waals surface area contributed by atoms with Gasteiger partial charge < -0.3 is 5.32 Å². The molecular formula is C10H18ClN3. The van der Waals surface area contributed by atoms with Crippen LogP contribution in [-0.4, -0.2) is 15.8 Å². The fourth-order valence-corrected chi connectivity index (χ4v) is 1.51. The van der Waals surface area contributed by atoms with E-state index in [-0.39, 0.29) is 0 Å². The summed E-state index contributed by atoms with van der Waals surface area (Å²) in [7, 11) is 1.92. The third-order valence-electron chi connectivity index (χ3n) is 2.49. The molecule has 0 amide bonds. The number of halogens is 1. The Bertz CT molecular complexity index is 307. The summed E-state index contributed by atoms with van der Waals surface area (Å²) >= 11 is 6.12. The zero-order valence-corrected chi connectivity index (χ0v) is 10.0. The molecule has 0 aliphatic carbocycles. The summed E-state index contributed by atoms with van der Waals surface area (Å²) in [6, 6.07) is 0.515. The van der Waals surface area contributed by atoms with Gasteiger partial charge in [-0.15, -0.1) is 0 Å². The summed E-state index contributed by atoms with van der Waals surface area (Å²) in [5.74, 6) is 0. The standard InChI is InChI=1S/C10H18ClN3/c1-5-7(2)12-6-9-10(11)8(3)13-14(9)4/h7,12H,5-6H2,1-4H3. The van der Waals surface area contributed by atoms with E-state index in [2.05, 4.69) is 24.3 Å². The maximum Gasteiger partial charge on any atom is 0.0860 e. The van der Waals surface area contributed by atoms with Crippen molar-refractivity contribution in [2.45, 2.75) is 39.8 Å². The molecule has 1 aromatic heterocycles. The van der Waals surface area contributed by atoms with Crippen molar-refractivity contribution in [3.63, 3.8) is 0 Å². The van der Waals surface area contributed by atoms with E-state index in [1.807, 2.05) is 18.7 Å². The molecule has 0 saturated heterocycles. The van der Waals surface area contributed by atoms with Crippen LogP contribution in [0.5, 0.6) is 0 Å². The van der Waals surface area contributed by atoms with E-state index in [1.54, 1.807) is 0 Å². The molecule has 0 fully saturated rings. The van der Waals surface area contributed by atoms with Gasteiger partial charge >= 0.3 is 0 Å². The lowest BCUT2D eigenvalue weighted by Gasteiger charge is -2.11. The summed E-state index contributed by atoms with van der Waals surface area (Å²) in [6.45, 7) is 7.03. The number of rotatable bonds is 4. The molecule has 0 radical (unpaired) electrons. The van der Waals surface area contributed by atoms with Gasteiger partial charge in [-0.25, -0.2) is 0 Å². The van der Waals surface area contributed by atoms with Crippen molar-refractivity contribution in [2.75, 3.05) is 0 Å². The number of aromatic nitrogens is 2. The SMILES string of the molecule is CCC(C)NCc1c(Cl)c(C)nn1C. The molecule has 1 N–H and O–H groups in total. The van der Waals surface area contributed by atoms with Gasteiger partial charge in [0.1, 0.15) is 0 Å². The molecule has 0 bridgehead atoms. The van der Waals surface area contributed by atoms with E-state index in [9.17, 15) is 0 Å². The van der Waals surface area contributed by atoms with Crippen LogP contribution < -0.4 is 5.32 Å². The van der Waals surface area contributed by atoms with Crippen LogP contribution in [0.4, 0.5) is 0 Å². The Kier molecular flexibility index (Phi) is 3.96. The molecule has 80 valence electrons. The van der Waals surface area contributed by atoms with Crippen molar-refractivity contribution in [1.82, 2.24) is 15.1 Å². The highest BCUT2D eigenvalue weighted by Gasteiger charge is 2.10. The van der Waals surface area contributed by atoms with Gasteiger partial charge in [0.05, 0.1) is 16.4 Å². The monoisotopic (exact) mass is 215 g/mol. The minimum Gasteiger partial charge on any atom is -0.309 e. The average Bonchev–Trinajstić information content (AvgIpc) is 2.39. The normalized spacial score (nSPS) is 13.2. The molecule has 1 heterocycles. The maximum atomic E-state index is 6.12. The lowest BCUT2D eigenvalue weighted by Crippen LogP contribution is -2.25. The molecule has 0 spiro atoms. The number of hydrogen-bond donors (Lipinski definition) is 1. The Hall–Kier alpha value is -0.540. The summed E-state index contributed by atoms with van der Waals surface area (Å²) in [5.41, 5.74) is 1.96. The van der Waals surface area contributed by atoms with Gasteiger partial charge in [0.2, 0.25) is 0 Å². The van der Waals surface area contributed by atoms with Crippen LogP contribution in [0.2, 0.25) is 5.02 Å². The molecule has 0 aliphatic heterocycles. The first-order valence-corrected chi connectivity index (χ1v) is 5.35. The number of nitrogens with one attached hydrogen (secondary N) is 1. The van der Waals surface area contributed by atoms with E-state index < -0.39 is 0 Å². The van der Waals surface area contributed by atoms with Gasteiger partial charge in [-0.3, -0.25) is 4.68 Å². The second-order valence-electron chi connectivity index (χ2n) is 3.66. The summed E-state index contributed by atoms with van der Waals surface area (Å²) in [4.78, 5) is 0. The highest BCUT2D eigenvalue weighted by atomic mass is 35.5. The highest BCUT2D eigenvalue weighted by Crippen LogP contribution is 2.19. The van der Waals surface area contributed by atoms with E-state index in [0.29, 0.717) is 6.04 Å². The van der Waals surface area contributed by atoms with E-state index in [0.717, 1.165) is 29.4 Å². The van der Waals surface area contributed by atoms with Crippen LogP contribution >= 0.6 is 11.6 Å². The Labute approximate surface area is 90.4 Å². The molecule has 0 aliphatic rings. The fraction of sp³-hybridized carbons (Fsp3) is 0.700. The lowest BCUT2D eigenvalue weighted by molar-refractivity contribution is 0.516. The smallest absolute Gasteiger partial charge is 0.0860 e. The van der Waals surface area contributed by atoms with Crippen LogP contribution in [0.3, 0.4) is 0 Å². The van der Waals surface area contributed by atoms with Crippen LogP contribution in [0.15, 0.2) is 0 Å². The third-order valence-corrected chi connectivity index (χ3v) is 2.98. The predicted octanol–water partition coefficient (Wildman–Crippen LogP) is 2.27. The molecule has 14 heavy (non-hydrogen) atoms. The first-order chi connectivity index (χ1) is 6.56. The molecule has 1 rings (SSSR count). The van der Waals surface area contributed by atoms with Crippen LogP contribution in [-0.2, 0) is 13.6 Å². The second-order valence-corrected chi connectivity index (χ2v) is 4.04. The second kappa shape index (κ2) is 4.80. The molecule has 0 aromatic carbocycles. The van der Waals surface area contributed by atoms with Crippen molar-refractivity contribution in [3.05, 3.63) is 16.4 Å². The summed E-state index contributed by atoms with van der Waals surface area (Å²) < 4.78 is 1.84. The van der Waals surface area contributed by atoms with Crippen molar-refractivity contribution < 1.29 is 0 Å². The van der Waals surface area contributed by atoms with Crippen LogP contribution in [0, 0.1) is 6.92 Å². The molecule has 1 aromatic rings. The van der Waals surface area contributed by atoms with Gasteiger partial charge in [-0.05, 0) is 20.3 Å². The van der Waals surface area contributed by atoms with Gasteiger partial charge in [0, 0.05) is 19.6 Å². The Morgan fingerprint density at radius 1 is 1.57 bits per heavy atom. The highest BCUT2D eigenvalue weighted by molar-refractivity contribution is 6.31. The van der Waals surface area contributed by atoms with Gasteiger partial charge in [-0.1, -0.05) is 18.5 Å². The summed E-state index contributed by atoms with van der Waals surface area (Å²) in [6.07, 6.45) is 1.12. The average molecular weight is 216 g/mol. The van der Waals surface area contributed by atoms with Crippen LogP contribution in [0.25, 0.3) is 0 Å². The fourth-order valence-electron chi connectivity index (χ4n) is 1.29. The van der Waals surface area contributed by atoms with Gasteiger partial charge in [-0.2, -0.15) is 5.10 Å². The van der Waals surface area contributed by atoms with Gasteiger partial charge in [0.15, 0.2) is 0 Å². The number of nitrogens with zero attached hydrogens (tertiary/aromatic N) is 2. The predicted molar refractivity (Wildman–Crippen MR) is 59.5 cm³/mol. The van der Waals surface area contributed by atoms with E-state index in [4.69, 9.17) is 11.6 Å². The first-order valence-electron chi connectivity index (χ1n) is 4.97. The van der Waals surface area contributed by atoms with Gasteiger partial charge in [0.25, 0.3) is 0 Å². The molecule has 0 saturated carbocycles. The Morgan fingerprint density at radius 2 is 2.21 bits per heavy atom. The molecule has 1 unspecified atom stereocenters. The molecule has 1 atom stereocenters. The van der Waals surface area contributed by atoms with E-state index >= 15 is 0 Å². The number of hydrogen-bond acceptors (Lipinski definition) is 2. The minimum absolute atomic E-state index is 0.515. The van der Waals surface area contributed by atoms with Crippen molar-refractivity contribution in [1.29, 1.82) is 0 Å². The van der Waals surface area contributed by atoms with Crippen molar-refractivity contribution in [2.24, 2.45) is 7.05 Å². The summed E-state index contributed by atoms with van der Waals surface area (Å²) in [5, 5.41) is 8.44. The lowest BCUT2D eigenvalue weighted by atomic mass is 10.2. The molecule has 3 nitrogen and oxygen atoms in total. The first kappa shape index (κ1) is 11.5. The maximum absolute atomic E-state index is 6.12. The van der Waals surface area contributed by atoms with Crippen molar-refractivity contribution >= 4 is 11.6 Å². The third kappa shape index (κ3) is 2.49. The molecular weight excluding hydrogens is 198 g/mol. The zero-order chi connectivity index (χ0) is 10.7. The minimum atomic E-state index is 0.515. The Morgan fingerprint density at radius 3 is 2.64 bits per heavy atom. The topological polar surface area (TPSA) is 29.9 Å². The Balaban J connectivity index is 2.67. The number of aryl methyl sites for hydroxylation is 2. The van der Waals surface area contributed by atoms with E-state index in [1.165, 1.54) is 0 Å². The molecule has 4 heteroatoms. The largest absolute Gasteiger partial charge is 0.309 e. The zero-order valence-electron chi connectivity index (χ0n) is 9.26. The van der Waals surface area contributed by atoms with Crippen molar-refractivity contribution in [3.8, 4) is 0 Å². The quantitative estimate of drug-likeness (QED) is 0.835. The van der Waals surface area contributed by atoms with Crippen LogP contribution in [0.1, 0.15) is 31.7 Å².